The number of alkyl halides is 2. The van der Waals surface area contributed by atoms with Gasteiger partial charge < -0.3 is 10.1 Å². The minimum atomic E-state index is -1.49. The van der Waals surface area contributed by atoms with Crippen molar-refractivity contribution in [1.82, 2.24) is 0 Å². The van der Waals surface area contributed by atoms with Crippen molar-refractivity contribution in [3.05, 3.63) is 98.3 Å². The van der Waals surface area contributed by atoms with Crippen molar-refractivity contribution < 1.29 is 32.3 Å². The molecule has 1 N–H and O–H groups in total. The van der Waals surface area contributed by atoms with Crippen LogP contribution in [-0.2, 0) is 27.2 Å². The first-order valence-corrected chi connectivity index (χ1v) is 14.1. The number of rotatable bonds is 8. The van der Waals surface area contributed by atoms with Gasteiger partial charge in [-0.1, -0.05) is 35.3 Å². The third kappa shape index (κ3) is 7.05. The van der Waals surface area contributed by atoms with Gasteiger partial charge in [-0.25, -0.2) is 13.2 Å². The summed E-state index contributed by atoms with van der Waals surface area (Å²) in [6.45, 7) is 4.97. The number of esters is 1. The highest BCUT2D eigenvalue weighted by Gasteiger charge is 2.67. The Balaban J connectivity index is 1.51. The molecule has 0 saturated heterocycles. The molecule has 1 saturated carbocycles. The molecule has 0 aromatic heterocycles. The number of ether oxygens (including phenoxy) is 1. The normalized spacial score (nSPS) is 17.5. The van der Waals surface area contributed by atoms with Crippen LogP contribution < -0.4 is 5.32 Å². The second-order valence-corrected chi connectivity index (χ2v) is 13.1. The highest BCUT2D eigenvalue weighted by molar-refractivity contribution is 6.53. The fourth-order valence-electron chi connectivity index (χ4n) is 4.54. The summed E-state index contributed by atoms with van der Waals surface area (Å²) in [6.07, 6.45) is -1.17. The molecule has 0 bridgehead atoms. The minimum Gasteiger partial charge on any atom is -0.460 e. The van der Waals surface area contributed by atoms with Crippen LogP contribution in [-0.4, -0.2) is 27.6 Å². The van der Waals surface area contributed by atoms with Crippen molar-refractivity contribution in [2.24, 2.45) is 5.92 Å². The van der Waals surface area contributed by atoms with Crippen LogP contribution >= 0.6 is 46.4 Å². The molecule has 3 aromatic rings. The number of Topliss-reactive ketones (excluding diaryl/α,β-unsaturated/α-hetero) is 1. The maximum absolute atomic E-state index is 15.2. The number of hydrogen-bond acceptors (Lipinski definition) is 4. The average molecular weight is 661 g/mol. The Morgan fingerprint density at radius 2 is 1.57 bits per heavy atom. The summed E-state index contributed by atoms with van der Waals surface area (Å²) < 4.78 is 47.1. The molecular weight excluding hydrogens is 637 g/mol. The van der Waals surface area contributed by atoms with Crippen LogP contribution in [0.2, 0.25) is 10.0 Å². The van der Waals surface area contributed by atoms with E-state index in [1.807, 2.05) is 0 Å². The first-order chi connectivity index (χ1) is 19.5. The smallest absolute Gasteiger partial charge is 0.310 e. The van der Waals surface area contributed by atoms with Crippen LogP contribution in [0.1, 0.15) is 53.7 Å². The number of halogens is 7. The molecule has 0 spiro atoms. The third-order valence-corrected chi connectivity index (χ3v) is 8.09. The molecule has 3 aromatic carbocycles. The average Bonchev–Trinajstić information content (AvgIpc) is 3.47. The maximum Gasteiger partial charge on any atom is 0.310 e. The summed E-state index contributed by atoms with van der Waals surface area (Å²) in [4.78, 5) is 38.4. The lowest BCUT2D eigenvalue weighted by Gasteiger charge is -2.19. The number of benzene rings is 3. The zero-order valence-electron chi connectivity index (χ0n) is 22.5. The first kappa shape index (κ1) is 32.1. The van der Waals surface area contributed by atoms with E-state index in [2.05, 4.69) is 5.32 Å². The second kappa shape index (κ2) is 12.1. The summed E-state index contributed by atoms with van der Waals surface area (Å²) >= 11 is 24.8. The molecule has 4 rings (SSSR count). The summed E-state index contributed by atoms with van der Waals surface area (Å²) in [5.41, 5.74) is -0.956. The van der Waals surface area contributed by atoms with Gasteiger partial charge in [-0.2, -0.15) is 0 Å². The quantitative estimate of drug-likeness (QED) is 0.150. The molecule has 1 aliphatic rings. The molecule has 5 nitrogen and oxygen atoms in total. The van der Waals surface area contributed by atoms with Crippen LogP contribution in [0.4, 0.5) is 18.9 Å². The predicted molar refractivity (Wildman–Crippen MR) is 156 cm³/mol. The van der Waals surface area contributed by atoms with Crippen molar-refractivity contribution in [2.45, 2.75) is 49.5 Å². The molecule has 12 heteroatoms. The maximum atomic E-state index is 15.2. The third-order valence-electron chi connectivity index (χ3n) is 6.53. The largest absolute Gasteiger partial charge is 0.460 e. The number of nitrogens with one attached hydrogen (secondary N) is 1. The first-order valence-electron chi connectivity index (χ1n) is 12.6. The Hall–Kier alpha value is -2.78. The minimum absolute atomic E-state index is 0.0157. The Kier molecular flexibility index (Phi) is 9.24. The monoisotopic (exact) mass is 659 g/mol. The van der Waals surface area contributed by atoms with Gasteiger partial charge in [-0.15, -0.1) is 23.2 Å². The van der Waals surface area contributed by atoms with E-state index in [0.29, 0.717) is 5.56 Å². The van der Waals surface area contributed by atoms with Crippen LogP contribution in [0.5, 0.6) is 0 Å². The Morgan fingerprint density at radius 1 is 0.905 bits per heavy atom. The molecule has 222 valence electrons. The van der Waals surface area contributed by atoms with Crippen LogP contribution in [0.3, 0.4) is 0 Å². The van der Waals surface area contributed by atoms with Gasteiger partial charge >= 0.3 is 5.97 Å². The van der Waals surface area contributed by atoms with E-state index >= 15 is 4.39 Å². The van der Waals surface area contributed by atoms with Crippen molar-refractivity contribution in [3.8, 4) is 0 Å². The van der Waals surface area contributed by atoms with Crippen molar-refractivity contribution in [2.75, 3.05) is 5.32 Å². The molecule has 0 heterocycles. The summed E-state index contributed by atoms with van der Waals surface area (Å²) in [5.74, 6) is -6.29. The Labute approximate surface area is 260 Å². The van der Waals surface area contributed by atoms with E-state index in [4.69, 9.17) is 51.1 Å². The Morgan fingerprint density at radius 3 is 2.21 bits per heavy atom. The lowest BCUT2D eigenvalue weighted by atomic mass is 9.98. The van der Waals surface area contributed by atoms with Gasteiger partial charge in [0.2, 0.25) is 5.91 Å². The van der Waals surface area contributed by atoms with Gasteiger partial charge in [0, 0.05) is 29.2 Å². The topological polar surface area (TPSA) is 72.5 Å². The Bertz CT molecular complexity index is 1590. The van der Waals surface area contributed by atoms with Gasteiger partial charge in [0.05, 0.1) is 22.4 Å². The zero-order chi connectivity index (χ0) is 31.1. The fraction of sp³-hybridized carbons (Fsp3) is 0.300. The highest BCUT2D eigenvalue weighted by Crippen LogP contribution is 2.65. The summed E-state index contributed by atoms with van der Waals surface area (Å²) in [7, 11) is 0. The van der Waals surface area contributed by atoms with E-state index in [-0.39, 0.29) is 26.9 Å². The highest BCUT2D eigenvalue weighted by atomic mass is 35.5. The number of anilines is 1. The molecule has 1 aliphatic carbocycles. The summed E-state index contributed by atoms with van der Waals surface area (Å²) in [5, 5.41) is 2.46. The predicted octanol–water partition coefficient (Wildman–Crippen LogP) is 8.25. The molecule has 42 heavy (non-hydrogen) atoms. The van der Waals surface area contributed by atoms with E-state index in [1.54, 1.807) is 20.8 Å². The van der Waals surface area contributed by atoms with Gasteiger partial charge in [0.25, 0.3) is 0 Å². The fourth-order valence-corrected chi connectivity index (χ4v) is 5.78. The molecule has 0 unspecified atom stereocenters. The number of carbonyl (C=O) groups is 3. The lowest BCUT2D eigenvalue weighted by Crippen LogP contribution is -2.25. The standard InChI is InChI=1S/C30H24Cl4F3NO4/c1-29(2,3)42-24(40)11-15-5-8-21(35)18(27(15)37)13-23(39)17-12-16(6-7-19(17)31)38-28(41)26-25(30(26,33)34)14-4-9-22(36)20(32)10-14/h4-10,12,25-26H,11,13H2,1-3H3,(H,38,41)/t25-,26+/m0/s1. The van der Waals surface area contributed by atoms with Gasteiger partial charge in [0.15, 0.2) is 5.78 Å². The van der Waals surface area contributed by atoms with Gasteiger partial charge in [-0.3, -0.25) is 14.4 Å². The number of hydrogen-bond donors (Lipinski definition) is 1. The number of amides is 1. The summed E-state index contributed by atoms with van der Waals surface area (Å²) in [6, 6.07) is 10.0. The molecule has 1 amide bonds. The van der Waals surface area contributed by atoms with Crippen molar-refractivity contribution >= 4 is 69.8 Å². The second-order valence-electron chi connectivity index (χ2n) is 10.8. The van der Waals surface area contributed by atoms with E-state index in [1.165, 1.54) is 30.3 Å². The van der Waals surface area contributed by atoms with Crippen LogP contribution in [0, 0.1) is 23.4 Å². The van der Waals surface area contributed by atoms with Crippen molar-refractivity contribution in [1.29, 1.82) is 0 Å². The molecule has 2 atom stereocenters. The molecule has 1 fully saturated rings. The molecular formula is C30H24Cl4F3NO4. The zero-order valence-corrected chi connectivity index (χ0v) is 25.5. The van der Waals surface area contributed by atoms with Crippen LogP contribution in [0.15, 0.2) is 48.5 Å². The SMILES string of the molecule is CC(C)(C)OC(=O)Cc1ccc(F)c(CC(=O)c2cc(NC(=O)[C@H]3[C@H](c4ccc(F)c(Cl)c4)C3(Cl)Cl)ccc2Cl)c1F. The molecule has 0 radical (unpaired) electrons. The van der Waals surface area contributed by atoms with Crippen molar-refractivity contribution in [3.63, 3.8) is 0 Å². The number of ketones is 1. The van der Waals surface area contributed by atoms with E-state index < -0.39 is 75.3 Å². The number of carbonyl (C=O) groups excluding carboxylic acids is 3. The molecule has 0 aliphatic heterocycles. The van der Waals surface area contributed by atoms with E-state index in [9.17, 15) is 23.2 Å². The van der Waals surface area contributed by atoms with Gasteiger partial charge in [0.1, 0.15) is 27.4 Å². The lowest BCUT2D eigenvalue weighted by molar-refractivity contribution is -0.154. The van der Waals surface area contributed by atoms with Crippen LogP contribution in [0.25, 0.3) is 0 Å². The van der Waals surface area contributed by atoms with Gasteiger partial charge in [-0.05, 0) is 68.3 Å². The van der Waals surface area contributed by atoms with E-state index in [0.717, 1.165) is 18.2 Å².